The van der Waals surface area contributed by atoms with Crippen LogP contribution >= 0.6 is 0 Å². The average Bonchev–Trinajstić information content (AvgIpc) is 3.17. The topological polar surface area (TPSA) is 60.3 Å². The molecule has 30 heavy (non-hydrogen) atoms. The number of rotatable bonds is 9. The third kappa shape index (κ3) is 7.68. The summed E-state index contributed by atoms with van der Waals surface area (Å²) in [5.74, 6) is 1.50. The molecule has 1 aromatic carbocycles. The fourth-order valence-corrected chi connectivity index (χ4v) is 3.65. The Labute approximate surface area is 176 Å². The molecule has 2 unspecified atom stereocenters. The summed E-state index contributed by atoms with van der Waals surface area (Å²) < 4.78 is 43.4. The zero-order valence-electron chi connectivity index (χ0n) is 18.0. The van der Waals surface area contributed by atoms with Gasteiger partial charge in [0.05, 0.1) is 26.3 Å². The highest BCUT2D eigenvalue weighted by Crippen LogP contribution is 2.22. The number of aliphatic imine (C=N–C) groups is 1. The van der Waals surface area contributed by atoms with Gasteiger partial charge in [0.2, 0.25) is 0 Å². The van der Waals surface area contributed by atoms with Gasteiger partial charge in [-0.2, -0.15) is 13.2 Å². The maximum Gasteiger partial charge on any atom is 0.401 e. The van der Waals surface area contributed by atoms with E-state index in [0.29, 0.717) is 37.9 Å². The van der Waals surface area contributed by atoms with Crippen LogP contribution in [0.25, 0.3) is 0 Å². The van der Waals surface area contributed by atoms with Gasteiger partial charge in [-0.3, -0.25) is 9.89 Å². The third-order valence-corrected chi connectivity index (χ3v) is 5.18. The second-order valence-corrected chi connectivity index (χ2v) is 7.53. The van der Waals surface area contributed by atoms with Crippen LogP contribution in [0.3, 0.4) is 0 Å². The molecule has 0 spiro atoms. The number of aliphatic hydroxyl groups excluding tert-OH is 1. The lowest BCUT2D eigenvalue weighted by Crippen LogP contribution is -2.42. The van der Waals surface area contributed by atoms with Crippen molar-refractivity contribution in [3.05, 3.63) is 29.8 Å². The highest BCUT2D eigenvalue weighted by atomic mass is 19.4. The molecule has 0 bridgehead atoms. The molecule has 9 heteroatoms. The molecule has 1 aliphatic rings. The van der Waals surface area contributed by atoms with E-state index >= 15 is 0 Å². The first kappa shape index (κ1) is 24.3. The molecule has 1 aliphatic heterocycles. The van der Waals surface area contributed by atoms with Crippen molar-refractivity contribution in [3.8, 4) is 5.75 Å². The molecule has 0 aliphatic carbocycles. The number of ether oxygens (including phenoxy) is 1. The summed E-state index contributed by atoms with van der Waals surface area (Å²) in [6.45, 7) is 5.87. The lowest BCUT2D eigenvalue weighted by molar-refractivity contribution is -0.146. The first-order valence-electron chi connectivity index (χ1n) is 10.4. The molecule has 1 saturated heterocycles. The smallest absolute Gasteiger partial charge is 0.401 e. The first-order chi connectivity index (χ1) is 14.3. The largest absolute Gasteiger partial charge is 0.497 e. The Hall–Kier alpha value is -2.00. The predicted octanol–water partition coefficient (Wildman–Crippen LogP) is 2.90. The number of hydrogen-bond donors (Lipinski definition) is 2. The number of nitrogens with one attached hydrogen (secondary N) is 1. The summed E-state index contributed by atoms with van der Waals surface area (Å²) in [6, 6.07) is 7.23. The van der Waals surface area contributed by atoms with Crippen molar-refractivity contribution >= 4 is 5.96 Å². The maximum atomic E-state index is 12.7. The van der Waals surface area contributed by atoms with Gasteiger partial charge in [-0.15, -0.1) is 0 Å². The number of halogens is 3. The van der Waals surface area contributed by atoms with E-state index in [9.17, 15) is 18.3 Å². The molecule has 0 radical (unpaired) electrons. The molecule has 6 nitrogen and oxygen atoms in total. The summed E-state index contributed by atoms with van der Waals surface area (Å²) in [5.41, 5.74) is 0.721. The number of aliphatic hydroxyl groups is 1. The van der Waals surface area contributed by atoms with E-state index in [1.807, 2.05) is 25.1 Å². The SMILES string of the molecule is CCNC(=NCC(O)c1cccc(OC)c1)N1CCC(CN(CC)CC(F)(F)F)C1. The van der Waals surface area contributed by atoms with Gasteiger partial charge >= 0.3 is 6.18 Å². The Morgan fingerprint density at radius 1 is 1.40 bits per heavy atom. The first-order valence-corrected chi connectivity index (χ1v) is 10.4. The van der Waals surface area contributed by atoms with Gasteiger partial charge in [0, 0.05) is 26.2 Å². The predicted molar refractivity (Wildman–Crippen MR) is 112 cm³/mol. The number of likely N-dealkylation sites (tertiary alicyclic amines) is 1. The summed E-state index contributed by atoms with van der Waals surface area (Å²) in [7, 11) is 1.57. The monoisotopic (exact) mass is 430 g/mol. The highest BCUT2D eigenvalue weighted by molar-refractivity contribution is 5.80. The Bertz CT molecular complexity index is 684. The minimum absolute atomic E-state index is 0.152. The highest BCUT2D eigenvalue weighted by Gasteiger charge is 2.33. The van der Waals surface area contributed by atoms with Crippen LogP contribution in [0.2, 0.25) is 0 Å². The molecular weight excluding hydrogens is 397 g/mol. The second-order valence-electron chi connectivity index (χ2n) is 7.53. The van der Waals surface area contributed by atoms with E-state index < -0.39 is 18.8 Å². The van der Waals surface area contributed by atoms with Gasteiger partial charge in [-0.25, -0.2) is 0 Å². The molecular formula is C21H33F3N4O2. The van der Waals surface area contributed by atoms with E-state index in [1.165, 1.54) is 4.90 Å². The van der Waals surface area contributed by atoms with Gasteiger partial charge in [0.15, 0.2) is 5.96 Å². The minimum atomic E-state index is -4.18. The normalized spacial score (nSPS) is 18.7. The number of nitrogens with zero attached hydrogens (tertiary/aromatic N) is 3. The molecule has 0 aromatic heterocycles. The molecule has 0 saturated carbocycles. The zero-order valence-corrected chi connectivity index (χ0v) is 18.0. The molecule has 2 rings (SSSR count). The van der Waals surface area contributed by atoms with Crippen molar-refractivity contribution in [2.75, 3.05) is 52.9 Å². The van der Waals surface area contributed by atoms with Crippen LogP contribution in [0.5, 0.6) is 5.75 Å². The van der Waals surface area contributed by atoms with E-state index in [4.69, 9.17) is 4.74 Å². The van der Waals surface area contributed by atoms with E-state index in [0.717, 1.165) is 18.5 Å². The van der Waals surface area contributed by atoms with Crippen LogP contribution in [-0.4, -0.2) is 80.0 Å². The molecule has 2 N–H and O–H groups in total. The number of guanidine groups is 1. The molecule has 0 amide bonds. The van der Waals surface area contributed by atoms with Crippen molar-refractivity contribution in [1.82, 2.24) is 15.1 Å². The standard InChI is InChI=1S/C21H33F3N4O2/c1-4-25-20(26-12-19(29)17-7-6-8-18(11-17)30-3)28-10-9-16(14-28)13-27(5-2)15-21(22,23)24/h6-8,11,16,19,29H,4-5,9-10,12-15H2,1-3H3,(H,25,26). The van der Waals surface area contributed by atoms with Crippen molar-refractivity contribution in [2.24, 2.45) is 10.9 Å². The van der Waals surface area contributed by atoms with Crippen LogP contribution < -0.4 is 10.1 Å². The third-order valence-electron chi connectivity index (χ3n) is 5.18. The fourth-order valence-electron chi connectivity index (χ4n) is 3.65. The number of alkyl halides is 3. The van der Waals surface area contributed by atoms with E-state index in [1.54, 1.807) is 20.1 Å². The molecule has 2 atom stereocenters. The number of methoxy groups -OCH3 is 1. The molecule has 1 aromatic rings. The Balaban J connectivity index is 1.97. The Kier molecular flexibility index (Phi) is 9.23. The van der Waals surface area contributed by atoms with Gasteiger partial charge in [0.1, 0.15) is 5.75 Å². The van der Waals surface area contributed by atoms with Gasteiger partial charge in [-0.05, 0) is 43.5 Å². The Morgan fingerprint density at radius 3 is 2.80 bits per heavy atom. The second kappa shape index (κ2) is 11.4. The van der Waals surface area contributed by atoms with Crippen LogP contribution in [-0.2, 0) is 0 Å². The van der Waals surface area contributed by atoms with Crippen LogP contribution in [0.1, 0.15) is 31.9 Å². The number of hydrogen-bond acceptors (Lipinski definition) is 4. The molecule has 1 fully saturated rings. The van der Waals surface area contributed by atoms with E-state index in [-0.39, 0.29) is 12.5 Å². The van der Waals surface area contributed by atoms with Crippen LogP contribution in [0, 0.1) is 5.92 Å². The van der Waals surface area contributed by atoms with E-state index in [2.05, 4.69) is 15.2 Å². The lowest BCUT2D eigenvalue weighted by Gasteiger charge is -2.26. The van der Waals surface area contributed by atoms with Crippen LogP contribution in [0.15, 0.2) is 29.3 Å². The van der Waals surface area contributed by atoms with Crippen molar-refractivity contribution in [1.29, 1.82) is 0 Å². The lowest BCUT2D eigenvalue weighted by atomic mass is 10.1. The Morgan fingerprint density at radius 2 is 2.17 bits per heavy atom. The minimum Gasteiger partial charge on any atom is -0.497 e. The fraction of sp³-hybridized carbons (Fsp3) is 0.667. The van der Waals surface area contributed by atoms with Crippen molar-refractivity contribution in [3.63, 3.8) is 0 Å². The van der Waals surface area contributed by atoms with Gasteiger partial charge in [0.25, 0.3) is 0 Å². The molecule has 1 heterocycles. The summed E-state index contributed by atoms with van der Waals surface area (Å²) >= 11 is 0. The quantitative estimate of drug-likeness (QED) is 0.466. The van der Waals surface area contributed by atoms with Gasteiger partial charge in [-0.1, -0.05) is 19.1 Å². The van der Waals surface area contributed by atoms with Crippen molar-refractivity contribution < 1.29 is 23.0 Å². The summed E-state index contributed by atoms with van der Waals surface area (Å²) in [6.07, 6.45) is -4.13. The van der Waals surface area contributed by atoms with Crippen molar-refractivity contribution in [2.45, 2.75) is 32.5 Å². The molecule has 170 valence electrons. The summed E-state index contributed by atoms with van der Waals surface area (Å²) in [4.78, 5) is 8.08. The van der Waals surface area contributed by atoms with Gasteiger partial charge < -0.3 is 20.1 Å². The zero-order chi connectivity index (χ0) is 22.1. The average molecular weight is 431 g/mol. The summed E-state index contributed by atoms with van der Waals surface area (Å²) in [5, 5.41) is 13.7. The number of benzene rings is 1. The maximum absolute atomic E-state index is 12.7. The van der Waals surface area contributed by atoms with Crippen LogP contribution in [0.4, 0.5) is 13.2 Å².